The van der Waals surface area contributed by atoms with E-state index in [9.17, 15) is 23.5 Å². The zero-order chi connectivity index (χ0) is 19.8. The van der Waals surface area contributed by atoms with Gasteiger partial charge in [-0.3, -0.25) is 14.5 Å². The first-order valence-corrected chi connectivity index (χ1v) is 9.03. The maximum Gasteiger partial charge on any atom is 0.294 e. The van der Waals surface area contributed by atoms with Crippen molar-refractivity contribution >= 4 is 17.5 Å². The summed E-state index contributed by atoms with van der Waals surface area (Å²) in [5.74, 6) is -3.90. The van der Waals surface area contributed by atoms with Crippen LogP contribution in [-0.4, -0.2) is 23.5 Å². The van der Waals surface area contributed by atoms with Crippen molar-refractivity contribution in [2.45, 2.75) is 25.3 Å². The number of aryl methyl sites for hydroxylation is 1. The number of rotatable bonds is 3. The van der Waals surface area contributed by atoms with Gasteiger partial charge in [0.2, 0.25) is 0 Å². The minimum absolute atomic E-state index is 0.128. The summed E-state index contributed by atoms with van der Waals surface area (Å²) in [4.78, 5) is 26.0. The van der Waals surface area contributed by atoms with Gasteiger partial charge >= 0.3 is 0 Å². The normalized spacial score (nSPS) is 19.0. The Bertz CT molecular complexity index is 1000. The highest BCUT2D eigenvalue weighted by Crippen LogP contribution is 2.31. The first kappa shape index (κ1) is 18.2. The van der Waals surface area contributed by atoms with E-state index in [4.69, 9.17) is 0 Å². The zero-order valence-electron chi connectivity index (χ0n) is 14.9. The second kappa shape index (κ2) is 7.07. The lowest BCUT2D eigenvalue weighted by molar-refractivity contribution is -0.119. The summed E-state index contributed by atoms with van der Waals surface area (Å²) >= 11 is 0. The number of aliphatic hydroxyl groups is 1. The van der Waals surface area contributed by atoms with Crippen molar-refractivity contribution in [3.63, 3.8) is 0 Å². The number of hydrogen-bond donors (Lipinski definition) is 2. The van der Waals surface area contributed by atoms with E-state index >= 15 is 0 Å². The molecule has 144 valence electrons. The van der Waals surface area contributed by atoms with E-state index in [1.807, 2.05) is 24.3 Å². The van der Waals surface area contributed by atoms with E-state index in [2.05, 4.69) is 5.32 Å². The molecule has 2 aliphatic rings. The Balaban J connectivity index is 1.55. The Hall–Kier alpha value is -3.22. The molecular formula is C21H18F2N2O3. The molecule has 1 heterocycles. The summed E-state index contributed by atoms with van der Waals surface area (Å²) in [5.41, 5.74) is 1.86. The van der Waals surface area contributed by atoms with Gasteiger partial charge in [0.05, 0.1) is 23.8 Å². The summed E-state index contributed by atoms with van der Waals surface area (Å²) in [6.07, 6.45) is 2.60. The number of carbonyl (C=O) groups excluding carboxylic acids is 2. The fraction of sp³-hybridized carbons (Fsp3) is 0.238. The van der Waals surface area contributed by atoms with Crippen LogP contribution in [0, 0.1) is 11.6 Å². The molecule has 1 aliphatic carbocycles. The van der Waals surface area contributed by atoms with Crippen molar-refractivity contribution < 1.29 is 23.5 Å². The minimum Gasteiger partial charge on any atom is -0.503 e. The molecule has 1 atom stereocenters. The molecule has 0 unspecified atom stereocenters. The lowest BCUT2D eigenvalue weighted by atomic mass is 9.87. The number of carbonyl (C=O) groups is 2. The topological polar surface area (TPSA) is 69.6 Å². The molecule has 0 fully saturated rings. The van der Waals surface area contributed by atoms with Gasteiger partial charge in [-0.25, -0.2) is 8.78 Å². The molecule has 2 aromatic carbocycles. The molecule has 7 heteroatoms. The number of halogens is 2. The highest BCUT2D eigenvalue weighted by Gasteiger charge is 2.37. The van der Waals surface area contributed by atoms with Crippen LogP contribution >= 0.6 is 0 Å². The Kier molecular flexibility index (Phi) is 4.58. The second-order valence-electron chi connectivity index (χ2n) is 6.93. The molecule has 0 saturated carbocycles. The largest absolute Gasteiger partial charge is 0.503 e. The summed E-state index contributed by atoms with van der Waals surface area (Å²) in [5, 5.41) is 13.0. The number of anilines is 1. The molecule has 5 nitrogen and oxygen atoms in total. The highest BCUT2D eigenvalue weighted by atomic mass is 19.1. The van der Waals surface area contributed by atoms with Crippen molar-refractivity contribution in [3.8, 4) is 0 Å². The number of aliphatic hydroxyl groups excluding tert-OH is 1. The number of hydrogen-bond acceptors (Lipinski definition) is 3. The van der Waals surface area contributed by atoms with Crippen molar-refractivity contribution in [1.29, 1.82) is 0 Å². The Morgan fingerprint density at radius 1 is 1.18 bits per heavy atom. The van der Waals surface area contributed by atoms with Crippen molar-refractivity contribution in [3.05, 3.63) is 76.6 Å². The highest BCUT2D eigenvalue weighted by molar-refractivity contribution is 6.14. The minimum atomic E-state index is -0.941. The molecule has 0 radical (unpaired) electrons. The predicted molar refractivity (Wildman–Crippen MR) is 98.6 cm³/mol. The van der Waals surface area contributed by atoms with Crippen LogP contribution in [0.1, 0.15) is 30.0 Å². The first-order chi connectivity index (χ1) is 13.5. The number of fused-ring (bicyclic) bond motifs is 1. The van der Waals surface area contributed by atoms with Gasteiger partial charge in [0.25, 0.3) is 11.8 Å². The zero-order valence-corrected chi connectivity index (χ0v) is 14.9. The molecular weight excluding hydrogens is 366 g/mol. The van der Waals surface area contributed by atoms with Gasteiger partial charge in [0.1, 0.15) is 11.6 Å². The number of nitrogens with one attached hydrogen (secondary N) is 1. The molecule has 4 rings (SSSR count). The summed E-state index contributed by atoms with van der Waals surface area (Å²) in [6, 6.07) is 10.4. The number of benzene rings is 2. The second-order valence-corrected chi connectivity index (χ2v) is 6.93. The number of amides is 2. The quantitative estimate of drug-likeness (QED) is 0.853. The van der Waals surface area contributed by atoms with Crippen molar-refractivity contribution in [2.24, 2.45) is 0 Å². The van der Waals surface area contributed by atoms with Gasteiger partial charge in [-0.05, 0) is 42.5 Å². The summed E-state index contributed by atoms with van der Waals surface area (Å²) in [6.45, 7) is -0.284. The van der Waals surface area contributed by atoms with Crippen LogP contribution in [0.25, 0.3) is 0 Å². The third kappa shape index (κ3) is 3.13. The predicted octanol–water partition coefficient (Wildman–Crippen LogP) is 3.32. The SMILES string of the molecule is O=C(N[C@@H]1CCCc2ccccc21)C1=C(O)C(=O)N(c2ccc(F)cc2F)C1. The first-order valence-electron chi connectivity index (χ1n) is 9.03. The van der Waals surface area contributed by atoms with Gasteiger partial charge < -0.3 is 10.4 Å². The number of nitrogens with zero attached hydrogens (tertiary/aromatic N) is 1. The van der Waals surface area contributed by atoms with E-state index in [0.29, 0.717) is 6.07 Å². The molecule has 0 aromatic heterocycles. The summed E-state index contributed by atoms with van der Waals surface area (Å²) in [7, 11) is 0. The van der Waals surface area contributed by atoms with Crippen LogP contribution in [0.15, 0.2) is 53.8 Å². The molecule has 1 aliphatic heterocycles. The maximum absolute atomic E-state index is 14.0. The van der Waals surface area contributed by atoms with Crippen LogP contribution < -0.4 is 10.2 Å². The van der Waals surface area contributed by atoms with E-state index in [-0.39, 0.29) is 23.8 Å². The third-order valence-corrected chi connectivity index (χ3v) is 5.20. The van der Waals surface area contributed by atoms with Crippen molar-refractivity contribution in [1.82, 2.24) is 5.32 Å². The molecule has 28 heavy (non-hydrogen) atoms. The average molecular weight is 384 g/mol. The molecule has 2 amide bonds. The smallest absolute Gasteiger partial charge is 0.294 e. The summed E-state index contributed by atoms with van der Waals surface area (Å²) < 4.78 is 27.2. The monoisotopic (exact) mass is 384 g/mol. The van der Waals surface area contributed by atoms with Crippen molar-refractivity contribution in [2.75, 3.05) is 11.4 Å². The van der Waals surface area contributed by atoms with E-state index < -0.39 is 29.2 Å². The Labute approximate surface area is 160 Å². The van der Waals surface area contributed by atoms with Crippen LogP contribution in [0.2, 0.25) is 0 Å². The third-order valence-electron chi connectivity index (χ3n) is 5.20. The van der Waals surface area contributed by atoms with Crippen LogP contribution in [0.5, 0.6) is 0 Å². The maximum atomic E-state index is 14.0. The van der Waals surface area contributed by atoms with Gasteiger partial charge in [-0.2, -0.15) is 0 Å². The van der Waals surface area contributed by atoms with E-state index in [1.165, 1.54) is 0 Å². The standard InChI is InChI=1S/C21H18F2N2O3/c22-13-8-9-18(16(23)10-13)25-11-15(19(26)21(25)28)20(27)24-17-7-3-5-12-4-1-2-6-14(12)17/h1-2,4,6,8-10,17,26H,3,5,7,11H2,(H,24,27)/t17-/m1/s1. The van der Waals surface area contributed by atoms with Crippen LogP contribution in [-0.2, 0) is 16.0 Å². The fourth-order valence-corrected chi connectivity index (χ4v) is 3.79. The molecule has 2 N–H and O–H groups in total. The molecule has 2 aromatic rings. The molecule has 0 bridgehead atoms. The van der Waals surface area contributed by atoms with E-state index in [1.54, 1.807) is 0 Å². The van der Waals surface area contributed by atoms with Gasteiger partial charge in [0, 0.05) is 6.07 Å². The lowest BCUT2D eigenvalue weighted by Crippen LogP contribution is -2.34. The Morgan fingerprint density at radius 3 is 2.75 bits per heavy atom. The fourth-order valence-electron chi connectivity index (χ4n) is 3.79. The molecule has 0 spiro atoms. The average Bonchev–Trinajstić information content (AvgIpc) is 2.97. The lowest BCUT2D eigenvalue weighted by Gasteiger charge is -2.26. The van der Waals surface area contributed by atoms with Crippen LogP contribution in [0.3, 0.4) is 0 Å². The van der Waals surface area contributed by atoms with Crippen LogP contribution in [0.4, 0.5) is 14.5 Å². The van der Waals surface area contributed by atoms with Gasteiger partial charge in [-0.1, -0.05) is 24.3 Å². The van der Waals surface area contributed by atoms with Gasteiger partial charge in [0.15, 0.2) is 5.76 Å². The Morgan fingerprint density at radius 2 is 1.96 bits per heavy atom. The van der Waals surface area contributed by atoms with E-state index in [0.717, 1.165) is 47.4 Å². The molecule has 0 saturated heterocycles. The van der Waals surface area contributed by atoms with Gasteiger partial charge in [-0.15, -0.1) is 0 Å².